The van der Waals surface area contributed by atoms with Crippen LogP contribution in [0.3, 0.4) is 0 Å². The van der Waals surface area contributed by atoms with Crippen molar-refractivity contribution in [3.63, 3.8) is 0 Å². The molecule has 8 aromatic carbocycles. The van der Waals surface area contributed by atoms with Crippen molar-refractivity contribution >= 4 is 112 Å². The molecule has 0 fully saturated rings. The van der Waals surface area contributed by atoms with Crippen LogP contribution in [-0.4, -0.2) is 31.8 Å². The molecular formula is C58H42B2N4. The molecule has 0 unspecified atom stereocenters. The Kier molecular flexibility index (Phi) is 5.78. The van der Waals surface area contributed by atoms with E-state index >= 15 is 0 Å². The number of fused-ring (bicyclic) bond motifs is 21. The fourth-order valence-corrected chi connectivity index (χ4v) is 13.7. The van der Waals surface area contributed by atoms with E-state index in [1.165, 1.54) is 143 Å². The summed E-state index contributed by atoms with van der Waals surface area (Å²) in [6, 6.07) is 56.4. The third kappa shape index (κ3) is 3.64. The lowest BCUT2D eigenvalue weighted by molar-refractivity contribution is 0.592. The van der Waals surface area contributed by atoms with E-state index in [-0.39, 0.29) is 24.5 Å². The fourth-order valence-electron chi connectivity index (χ4n) is 13.7. The Labute approximate surface area is 371 Å². The van der Waals surface area contributed by atoms with Crippen LogP contribution >= 0.6 is 0 Å². The summed E-state index contributed by atoms with van der Waals surface area (Å²) in [4.78, 5) is 0. The zero-order chi connectivity index (χ0) is 42.4. The van der Waals surface area contributed by atoms with Crippen LogP contribution in [0, 0.1) is 0 Å². The Morgan fingerprint density at radius 1 is 0.359 bits per heavy atom. The molecule has 300 valence electrons. The van der Waals surface area contributed by atoms with Gasteiger partial charge in [0.1, 0.15) is 0 Å². The van der Waals surface area contributed by atoms with E-state index in [9.17, 15) is 0 Å². The summed E-state index contributed by atoms with van der Waals surface area (Å²) >= 11 is 0. The molecule has 0 radical (unpaired) electrons. The van der Waals surface area contributed by atoms with Crippen LogP contribution < -0.4 is 21.9 Å². The smallest absolute Gasteiger partial charge is 0.333 e. The van der Waals surface area contributed by atoms with Crippen LogP contribution in [0.5, 0.6) is 0 Å². The van der Waals surface area contributed by atoms with Gasteiger partial charge >= 0.3 is 13.7 Å². The normalized spacial score (nSPS) is 14.3. The zero-order valence-corrected chi connectivity index (χ0v) is 36.8. The monoisotopic (exact) mass is 816 g/mol. The minimum atomic E-state index is -0.0958. The summed E-state index contributed by atoms with van der Waals surface area (Å²) in [5, 5.41) is 7.99. The van der Waals surface area contributed by atoms with E-state index < -0.39 is 0 Å². The Balaban J connectivity index is 1.16. The highest BCUT2D eigenvalue weighted by Crippen LogP contribution is 2.52. The van der Waals surface area contributed by atoms with Crippen LogP contribution in [-0.2, 0) is 10.8 Å². The van der Waals surface area contributed by atoms with E-state index in [0.717, 1.165) is 0 Å². The molecule has 64 heavy (non-hydrogen) atoms. The van der Waals surface area contributed by atoms with E-state index in [1.54, 1.807) is 0 Å². The minimum absolute atomic E-state index is 0.0155. The SMILES string of the molecule is CC(C)(C)c1cc2c3ccccc3n3c2c2c1-c1cccc4c1n(c1c5ccc(C(C)(C)C)c6c5n(c41)B1c4ccccc4-n4c5ccccc5c5ccc-6c1c54)B2c1ccccc1-3. The lowest BCUT2D eigenvalue weighted by Crippen LogP contribution is -2.55. The molecule has 0 atom stereocenters. The van der Waals surface area contributed by atoms with Gasteiger partial charge in [0, 0.05) is 65.9 Å². The van der Waals surface area contributed by atoms with Crippen molar-refractivity contribution in [2.24, 2.45) is 0 Å². The van der Waals surface area contributed by atoms with Crippen molar-refractivity contribution in [3.05, 3.63) is 157 Å². The van der Waals surface area contributed by atoms with Gasteiger partial charge in [-0.3, -0.25) is 0 Å². The third-order valence-electron chi connectivity index (χ3n) is 15.9. The Bertz CT molecular complexity index is 4230. The second-order valence-corrected chi connectivity index (χ2v) is 21.2. The molecule has 0 spiro atoms. The maximum absolute atomic E-state index is 2.83. The van der Waals surface area contributed by atoms with Gasteiger partial charge in [-0.05, 0) is 85.3 Å². The largest absolute Gasteiger partial charge is 0.374 e. The maximum atomic E-state index is 2.83. The van der Waals surface area contributed by atoms with Gasteiger partial charge in [-0.1, -0.05) is 157 Å². The third-order valence-corrected chi connectivity index (χ3v) is 15.9. The molecule has 0 N–H and O–H groups in total. The molecule has 0 saturated carbocycles. The van der Waals surface area contributed by atoms with Crippen LogP contribution in [0.25, 0.3) is 110 Å². The highest BCUT2D eigenvalue weighted by molar-refractivity contribution is 6.92. The highest BCUT2D eigenvalue weighted by Gasteiger charge is 2.48. The first-order valence-corrected chi connectivity index (χ1v) is 23.1. The highest BCUT2D eigenvalue weighted by atomic mass is 15.1. The molecule has 0 bridgehead atoms. The number of hydrogen-bond acceptors (Lipinski definition) is 0. The zero-order valence-electron chi connectivity index (χ0n) is 36.8. The molecule has 0 saturated heterocycles. The summed E-state index contributed by atoms with van der Waals surface area (Å²) < 4.78 is 10.8. The van der Waals surface area contributed by atoms with Crippen molar-refractivity contribution in [3.8, 4) is 33.6 Å². The first-order chi connectivity index (χ1) is 31.1. The van der Waals surface area contributed by atoms with Gasteiger partial charge in [0.2, 0.25) is 0 Å². The second kappa shape index (κ2) is 10.8. The first-order valence-electron chi connectivity index (χ1n) is 23.1. The predicted octanol–water partition coefficient (Wildman–Crippen LogP) is 11.4. The molecule has 4 nitrogen and oxygen atoms in total. The molecule has 6 heteroatoms. The quantitative estimate of drug-likeness (QED) is 0.136. The summed E-state index contributed by atoms with van der Waals surface area (Å²) in [6.07, 6.45) is 0. The minimum Gasteiger partial charge on any atom is -0.374 e. The van der Waals surface area contributed by atoms with Crippen molar-refractivity contribution in [1.82, 2.24) is 18.1 Å². The van der Waals surface area contributed by atoms with Crippen molar-refractivity contribution in [1.29, 1.82) is 0 Å². The molecule has 12 aromatic rings. The Hall–Kier alpha value is -7.17. The van der Waals surface area contributed by atoms with Crippen LogP contribution in [0.2, 0.25) is 0 Å². The van der Waals surface area contributed by atoms with Gasteiger partial charge in [0.15, 0.2) is 0 Å². The average molecular weight is 817 g/mol. The lowest BCUT2D eigenvalue weighted by atomic mass is 9.45. The summed E-state index contributed by atoms with van der Waals surface area (Å²) in [5.41, 5.74) is 26.9. The fraction of sp³-hybridized carbons (Fsp3) is 0.138. The number of para-hydroxylation sites is 5. The lowest BCUT2D eigenvalue weighted by Gasteiger charge is -2.37. The Morgan fingerprint density at radius 2 is 0.891 bits per heavy atom. The summed E-state index contributed by atoms with van der Waals surface area (Å²) in [7, 11) is 0. The van der Waals surface area contributed by atoms with E-state index in [4.69, 9.17) is 0 Å². The molecule has 0 amide bonds. The molecule has 4 aromatic heterocycles. The summed E-state index contributed by atoms with van der Waals surface area (Å²) in [5.74, 6) is 0. The van der Waals surface area contributed by atoms with Gasteiger partial charge in [0.25, 0.3) is 0 Å². The standard InChI is InChI=1S/C58H42B2N4/c1-57(2,3)39-29-28-37-52-48(39)34-27-26-33-31-16-7-11-22-43(31)61-45-24-13-9-20-41(45)59(49(34)53(33)61)64(52)55-36-19-15-18-35-47-40(58(4,5)6)30-38-32-17-8-12-23-44(32)62-46-25-14-10-21-42(46)60(50(47)54(38)62)63(51(35)36)56(37)55/h7-30H,1-6H3. The molecule has 4 aliphatic rings. The topological polar surface area (TPSA) is 19.7 Å². The number of benzene rings is 8. The van der Waals surface area contributed by atoms with Crippen molar-refractivity contribution in [2.75, 3.05) is 0 Å². The van der Waals surface area contributed by atoms with Gasteiger partial charge in [-0.15, -0.1) is 0 Å². The summed E-state index contributed by atoms with van der Waals surface area (Å²) in [6.45, 7) is 14.4. The molecule has 16 rings (SSSR count). The van der Waals surface area contributed by atoms with Crippen molar-refractivity contribution < 1.29 is 0 Å². The van der Waals surface area contributed by atoms with Gasteiger partial charge in [-0.2, -0.15) is 0 Å². The Morgan fingerprint density at radius 3 is 1.56 bits per heavy atom. The predicted molar refractivity (Wildman–Crippen MR) is 273 cm³/mol. The number of hydrogen-bond donors (Lipinski definition) is 0. The maximum Gasteiger partial charge on any atom is 0.333 e. The van der Waals surface area contributed by atoms with Crippen LogP contribution in [0.1, 0.15) is 52.7 Å². The van der Waals surface area contributed by atoms with Gasteiger partial charge < -0.3 is 18.1 Å². The van der Waals surface area contributed by atoms with E-state index in [2.05, 4.69) is 205 Å². The van der Waals surface area contributed by atoms with Gasteiger partial charge in [-0.25, -0.2) is 0 Å². The van der Waals surface area contributed by atoms with Crippen LogP contribution in [0.4, 0.5) is 0 Å². The molecule has 0 aliphatic carbocycles. The van der Waals surface area contributed by atoms with Crippen LogP contribution in [0.15, 0.2) is 146 Å². The molecular weight excluding hydrogens is 774 g/mol. The average Bonchev–Trinajstić information content (AvgIpc) is 4.03. The van der Waals surface area contributed by atoms with Gasteiger partial charge in [0.05, 0.1) is 33.1 Å². The molecule has 8 heterocycles. The molecule has 4 aliphatic heterocycles. The number of rotatable bonds is 0. The van der Waals surface area contributed by atoms with E-state index in [0.29, 0.717) is 0 Å². The number of nitrogens with zero attached hydrogens (tertiary/aromatic N) is 4. The second-order valence-electron chi connectivity index (χ2n) is 21.2. The first kappa shape index (κ1) is 34.3. The van der Waals surface area contributed by atoms with E-state index in [1.807, 2.05) is 0 Å². The van der Waals surface area contributed by atoms with Crippen molar-refractivity contribution in [2.45, 2.75) is 52.4 Å². The number of aromatic nitrogens is 4.